The van der Waals surface area contributed by atoms with Crippen molar-refractivity contribution in [3.05, 3.63) is 18.0 Å². The zero-order valence-corrected chi connectivity index (χ0v) is 12.1. The molecule has 20 heavy (non-hydrogen) atoms. The summed E-state index contributed by atoms with van der Waals surface area (Å²) < 4.78 is 1.87. The molecule has 0 aliphatic carbocycles. The van der Waals surface area contributed by atoms with E-state index < -0.39 is 0 Å². The average molecular weight is 278 g/mol. The van der Waals surface area contributed by atoms with Gasteiger partial charge in [-0.15, -0.1) is 0 Å². The van der Waals surface area contributed by atoms with Crippen molar-refractivity contribution in [1.29, 1.82) is 0 Å². The zero-order chi connectivity index (χ0) is 14.5. The molecule has 2 amide bonds. The highest BCUT2D eigenvalue weighted by atomic mass is 16.2. The zero-order valence-electron chi connectivity index (χ0n) is 12.1. The Balaban J connectivity index is 1.67. The lowest BCUT2D eigenvalue weighted by Crippen LogP contribution is -2.33. The SMILES string of the molecule is CCN1C[C@H](C(=O)NCCCn2cc(C)cn2)CC1=O. The van der Waals surface area contributed by atoms with Gasteiger partial charge in [0.2, 0.25) is 11.8 Å². The minimum atomic E-state index is -0.186. The van der Waals surface area contributed by atoms with Gasteiger partial charge in [-0.3, -0.25) is 14.3 Å². The monoisotopic (exact) mass is 278 g/mol. The molecule has 0 spiro atoms. The predicted molar refractivity (Wildman–Crippen MR) is 75.0 cm³/mol. The molecular weight excluding hydrogens is 256 g/mol. The van der Waals surface area contributed by atoms with Crippen LogP contribution in [0.4, 0.5) is 0 Å². The van der Waals surface area contributed by atoms with Crippen LogP contribution >= 0.6 is 0 Å². The molecule has 0 unspecified atom stereocenters. The fourth-order valence-electron chi connectivity index (χ4n) is 2.44. The first kappa shape index (κ1) is 14.6. The molecule has 1 fully saturated rings. The molecule has 0 saturated carbocycles. The third-order valence-corrected chi connectivity index (χ3v) is 3.59. The Morgan fingerprint density at radius 1 is 1.55 bits per heavy atom. The summed E-state index contributed by atoms with van der Waals surface area (Å²) in [7, 11) is 0. The lowest BCUT2D eigenvalue weighted by molar-refractivity contribution is -0.128. The number of carbonyl (C=O) groups is 2. The first-order valence-electron chi connectivity index (χ1n) is 7.14. The van der Waals surface area contributed by atoms with Crippen LogP contribution in [0.2, 0.25) is 0 Å². The summed E-state index contributed by atoms with van der Waals surface area (Å²) >= 11 is 0. The number of nitrogens with one attached hydrogen (secondary N) is 1. The maximum Gasteiger partial charge on any atom is 0.225 e. The lowest BCUT2D eigenvalue weighted by Gasteiger charge is -2.13. The highest BCUT2D eigenvalue weighted by Gasteiger charge is 2.32. The van der Waals surface area contributed by atoms with E-state index in [2.05, 4.69) is 10.4 Å². The van der Waals surface area contributed by atoms with Crippen LogP contribution in [0.5, 0.6) is 0 Å². The van der Waals surface area contributed by atoms with Crippen molar-refractivity contribution in [2.45, 2.75) is 33.2 Å². The van der Waals surface area contributed by atoms with Crippen molar-refractivity contribution >= 4 is 11.8 Å². The first-order valence-corrected chi connectivity index (χ1v) is 7.14. The number of likely N-dealkylation sites (tertiary alicyclic amines) is 1. The summed E-state index contributed by atoms with van der Waals surface area (Å²) in [5.41, 5.74) is 1.14. The van der Waals surface area contributed by atoms with Crippen molar-refractivity contribution in [3.63, 3.8) is 0 Å². The van der Waals surface area contributed by atoms with E-state index in [1.807, 2.05) is 30.9 Å². The largest absolute Gasteiger partial charge is 0.356 e. The second-order valence-corrected chi connectivity index (χ2v) is 5.26. The van der Waals surface area contributed by atoms with E-state index in [1.165, 1.54) is 0 Å². The molecule has 0 radical (unpaired) electrons. The van der Waals surface area contributed by atoms with Gasteiger partial charge >= 0.3 is 0 Å². The maximum absolute atomic E-state index is 12.0. The molecule has 2 heterocycles. The molecule has 1 aromatic rings. The van der Waals surface area contributed by atoms with E-state index in [4.69, 9.17) is 0 Å². The van der Waals surface area contributed by atoms with E-state index in [1.54, 1.807) is 4.90 Å². The summed E-state index contributed by atoms with van der Waals surface area (Å²) in [6.07, 6.45) is 4.99. The van der Waals surface area contributed by atoms with Gasteiger partial charge in [0.05, 0.1) is 12.1 Å². The molecule has 1 saturated heterocycles. The highest BCUT2D eigenvalue weighted by Crippen LogP contribution is 2.17. The van der Waals surface area contributed by atoms with Gasteiger partial charge in [-0.2, -0.15) is 5.10 Å². The van der Waals surface area contributed by atoms with E-state index in [0.717, 1.165) is 18.5 Å². The van der Waals surface area contributed by atoms with Crippen molar-refractivity contribution in [1.82, 2.24) is 20.0 Å². The number of aromatic nitrogens is 2. The standard InChI is InChI=1S/C14H22N4O2/c1-3-17-10-12(7-13(17)19)14(20)15-5-4-6-18-9-11(2)8-16-18/h8-9,12H,3-7,10H2,1-2H3,(H,15,20)/t12-/m1/s1. The molecule has 6 nitrogen and oxygen atoms in total. The van der Waals surface area contributed by atoms with Gasteiger partial charge in [-0.1, -0.05) is 0 Å². The lowest BCUT2D eigenvalue weighted by atomic mass is 10.1. The Hall–Kier alpha value is -1.85. The van der Waals surface area contributed by atoms with E-state index in [9.17, 15) is 9.59 Å². The number of hydrogen-bond acceptors (Lipinski definition) is 3. The van der Waals surface area contributed by atoms with E-state index in [0.29, 0.717) is 26.1 Å². The third kappa shape index (κ3) is 3.59. The molecule has 1 aliphatic heterocycles. The molecule has 110 valence electrons. The third-order valence-electron chi connectivity index (χ3n) is 3.59. The number of nitrogens with zero attached hydrogens (tertiary/aromatic N) is 3. The van der Waals surface area contributed by atoms with Gasteiger partial charge in [-0.25, -0.2) is 0 Å². The van der Waals surface area contributed by atoms with Crippen LogP contribution in [-0.2, 0) is 16.1 Å². The second kappa shape index (κ2) is 6.54. The summed E-state index contributed by atoms with van der Waals surface area (Å²) in [5.74, 6) is -0.111. The minimum Gasteiger partial charge on any atom is -0.356 e. The Labute approximate surface area is 119 Å². The summed E-state index contributed by atoms with van der Waals surface area (Å²) in [5, 5.41) is 7.10. The summed E-state index contributed by atoms with van der Waals surface area (Å²) in [6, 6.07) is 0. The molecular formula is C14H22N4O2. The topological polar surface area (TPSA) is 67.2 Å². The fourth-order valence-corrected chi connectivity index (χ4v) is 2.44. The van der Waals surface area contributed by atoms with Crippen LogP contribution in [0.25, 0.3) is 0 Å². The molecule has 1 atom stereocenters. The van der Waals surface area contributed by atoms with Crippen molar-refractivity contribution in [3.8, 4) is 0 Å². The van der Waals surface area contributed by atoms with Crippen LogP contribution in [0.1, 0.15) is 25.3 Å². The molecule has 6 heteroatoms. The fraction of sp³-hybridized carbons (Fsp3) is 0.643. The van der Waals surface area contributed by atoms with Crippen LogP contribution < -0.4 is 5.32 Å². The van der Waals surface area contributed by atoms with Gasteiger partial charge in [0.25, 0.3) is 0 Å². The van der Waals surface area contributed by atoms with Crippen LogP contribution in [0, 0.1) is 12.8 Å². The Morgan fingerprint density at radius 2 is 2.35 bits per heavy atom. The molecule has 0 bridgehead atoms. The van der Waals surface area contributed by atoms with Gasteiger partial charge in [0.1, 0.15) is 0 Å². The van der Waals surface area contributed by atoms with Gasteiger partial charge < -0.3 is 10.2 Å². The van der Waals surface area contributed by atoms with Gasteiger partial charge in [-0.05, 0) is 25.8 Å². The number of hydrogen-bond donors (Lipinski definition) is 1. The van der Waals surface area contributed by atoms with Crippen molar-refractivity contribution < 1.29 is 9.59 Å². The smallest absolute Gasteiger partial charge is 0.225 e. The van der Waals surface area contributed by atoms with Crippen molar-refractivity contribution in [2.75, 3.05) is 19.6 Å². The Kier molecular flexibility index (Phi) is 4.76. The van der Waals surface area contributed by atoms with Crippen LogP contribution in [-0.4, -0.2) is 46.1 Å². The average Bonchev–Trinajstić information content (AvgIpc) is 3.00. The molecule has 1 aromatic heterocycles. The van der Waals surface area contributed by atoms with Crippen LogP contribution in [0.15, 0.2) is 12.4 Å². The quantitative estimate of drug-likeness (QED) is 0.773. The number of amides is 2. The summed E-state index contributed by atoms with van der Waals surface area (Å²) in [4.78, 5) is 25.3. The summed E-state index contributed by atoms with van der Waals surface area (Å²) in [6.45, 7) is 6.58. The van der Waals surface area contributed by atoms with E-state index in [-0.39, 0.29) is 17.7 Å². The molecule has 0 aromatic carbocycles. The highest BCUT2D eigenvalue weighted by molar-refractivity contribution is 5.89. The Bertz CT molecular complexity index is 483. The number of aryl methyl sites for hydroxylation is 2. The number of rotatable bonds is 6. The van der Waals surface area contributed by atoms with Gasteiger partial charge in [0, 0.05) is 38.8 Å². The molecule has 1 N–H and O–H groups in total. The second-order valence-electron chi connectivity index (χ2n) is 5.26. The maximum atomic E-state index is 12.0. The van der Waals surface area contributed by atoms with Crippen LogP contribution in [0.3, 0.4) is 0 Å². The molecule has 1 aliphatic rings. The van der Waals surface area contributed by atoms with Gasteiger partial charge in [0.15, 0.2) is 0 Å². The van der Waals surface area contributed by atoms with Crippen molar-refractivity contribution in [2.24, 2.45) is 5.92 Å². The van der Waals surface area contributed by atoms with E-state index >= 15 is 0 Å². The number of carbonyl (C=O) groups excluding carboxylic acids is 2. The molecule has 2 rings (SSSR count). The predicted octanol–water partition coefficient (Wildman–Crippen LogP) is 0.566. The minimum absolute atomic E-state index is 0.00838. The normalized spacial score (nSPS) is 18.6. The Morgan fingerprint density at radius 3 is 2.95 bits per heavy atom. The first-order chi connectivity index (χ1) is 9.60.